The van der Waals surface area contributed by atoms with Crippen molar-refractivity contribution in [3.63, 3.8) is 0 Å². The highest BCUT2D eigenvalue weighted by molar-refractivity contribution is 4.88. The first-order chi connectivity index (χ1) is 6.81. The van der Waals surface area contributed by atoms with E-state index in [1.807, 2.05) is 6.92 Å². The average Bonchev–Trinajstić information content (AvgIpc) is 1.99. The second kappa shape index (κ2) is 4.73. The van der Waals surface area contributed by atoms with Crippen LogP contribution in [0.15, 0.2) is 0 Å². The van der Waals surface area contributed by atoms with Gasteiger partial charge in [-0.15, -0.1) is 0 Å². The van der Waals surface area contributed by atoms with Crippen LogP contribution in [0.1, 0.15) is 52.4 Å². The number of hydrogen-bond acceptors (Lipinski definition) is 1. The largest absolute Gasteiger partial charge is 0.390 e. The highest BCUT2D eigenvalue weighted by Gasteiger charge is 2.34. The fourth-order valence-electron chi connectivity index (χ4n) is 2.47. The summed E-state index contributed by atoms with van der Waals surface area (Å²) in [6.45, 7) is 3.66. The summed E-state index contributed by atoms with van der Waals surface area (Å²) in [6, 6.07) is -0.479. The van der Waals surface area contributed by atoms with E-state index in [9.17, 15) is 13.2 Å². The Kier molecular flexibility index (Phi) is 4.04. The molecule has 1 aliphatic carbocycles. The highest BCUT2D eigenvalue weighted by atomic mass is 19.4. The Labute approximate surface area is 89.4 Å². The van der Waals surface area contributed by atoms with Crippen molar-refractivity contribution in [2.24, 2.45) is 0 Å². The zero-order chi connectivity index (χ0) is 11.5. The fraction of sp³-hybridized carbons (Fsp3) is 1.00. The molecule has 1 saturated carbocycles. The van der Waals surface area contributed by atoms with Gasteiger partial charge >= 0.3 is 6.18 Å². The zero-order valence-electron chi connectivity index (χ0n) is 9.45. The van der Waals surface area contributed by atoms with Gasteiger partial charge in [0.2, 0.25) is 0 Å². The van der Waals surface area contributed by atoms with Crippen LogP contribution in [0.5, 0.6) is 0 Å². The van der Waals surface area contributed by atoms with Gasteiger partial charge in [-0.25, -0.2) is 0 Å². The number of alkyl halides is 3. The molecule has 1 atom stereocenters. The van der Waals surface area contributed by atoms with Crippen LogP contribution in [0.4, 0.5) is 13.2 Å². The van der Waals surface area contributed by atoms with Gasteiger partial charge in [-0.05, 0) is 26.7 Å². The predicted octanol–water partition coefficient (Wildman–Crippen LogP) is 3.64. The summed E-state index contributed by atoms with van der Waals surface area (Å²) in [7, 11) is 0. The van der Waals surface area contributed by atoms with Gasteiger partial charge in [-0.3, -0.25) is 0 Å². The van der Waals surface area contributed by atoms with Crippen molar-refractivity contribution in [2.75, 3.05) is 0 Å². The molecule has 0 amide bonds. The second-order valence-corrected chi connectivity index (χ2v) is 4.99. The Morgan fingerprint density at radius 1 is 1.20 bits per heavy atom. The van der Waals surface area contributed by atoms with Crippen molar-refractivity contribution in [1.29, 1.82) is 0 Å². The maximum Gasteiger partial charge on any atom is 0.390 e. The Balaban J connectivity index is 2.38. The molecule has 0 radical (unpaired) electrons. The molecule has 0 heterocycles. The van der Waals surface area contributed by atoms with E-state index in [2.05, 4.69) is 5.32 Å². The lowest BCUT2D eigenvalue weighted by Crippen LogP contribution is -2.49. The van der Waals surface area contributed by atoms with Gasteiger partial charge in [0.05, 0.1) is 6.42 Å². The van der Waals surface area contributed by atoms with E-state index in [-0.39, 0.29) is 5.54 Å². The highest BCUT2D eigenvalue weighted by Crippen LogP contribution is 2.29. The summed E-state index contributed by atoms with van der Waals surface area (Å²) in [6.07, 6.45) is 0.666. The molecule has 0 aromatic carbocycles. The van der Waals surface area contributed by atoms with Crippen LogP contribution >= 0.6 is 0 Å². The molecular weight excluding hydrogens is 203 g/mol. The van der Waals surface area contributed by atoms with Crippen molar-refractivity contribution >= 4 is 0 Å². The van der Waals surface area contributed by atoms with Crippen molar-refractivity contribution in [3.05, 3.63) is 0 Å². The quantitative estimate of drug-likeness (QED) is 0.770. The third-order valence-electron chi connectivity index (χ3n) is 3.09. The molecule has 4 heteroatoms. The maximum atomic E-state index is 12.1. The Morgan fingerprint density at radius 2 is 1.73 bits per heavy atom. The van der Waals surface area contributed by atoms with Crippen LogP contribution in [0.2, 0.25) is 0 Å². The molecule has 1 unspecified atom stereocenters. The van der Waals surface area contributed by atoms with Gasteiger partial charge in [0, 0.05) is 11.6 Å². The van der Waals surface area contributed by atoms with E-state index in [1.54, 1.807) is 6.92 Å². The summed E-state index contributed by atoms with van der Waals surface area (Å²) in [5.41, 5.74) is -0.0804. The van der Waals surface area contributed by atoms with Gasteiger partial charge in [-0.2, -0.15) is 13.2 Å². The van der Waals surface area contributed by atoms with Crippen molar-refractivity contribution in [1.82, 2.24) is 5.32 Å². The molecule has 15 heavy (non-hydrogen) atoms. The monoisotopic (exact) mass is 223 g/mol. The minimum Gasteiger partial charge on any atom is -0.309 e. The Morgan fingerprint density at radius 3 is 2.20 bits per heavy atom. The normalized spacial score (nSPS) is 23.8. The maximum absolute atomic E-state index is 12.1. The Hall–Kier alpha value is -0.250. The van der Waals surface area contributed by atoms with Gasteiger partial charge in [-0.1, -0.05) is 19.3 Å². The number of nitrogens with one attached hydrogen (secondary N) is 1. The van der Waals surface area contributed by atoms with Crippen molar-refractivity contribution in [2.45, 2.75) is 70.1 Å². The van der Waals surface area contributed by atoms with E-state index < -0.39 is 18.6 Å². The smallest absolute Gasteiger partial charge is 0.309 e. The Bertz CT molecular complexity index is 194. The van der Waals surface area contributed by atoms with E-state index >= 15 is 0 Å². The molecule has 1 aliphatic rings. The van der Waals surface area contributed by atoms with Crippen LogP contribution in [-0.4, -0.2) is 17.8 Å². The molecule has 0 bridgehead atoms. The van der Waals surface area contributed by atoms with Gasteiger partial charge < -0.3 is 5.32 Å². The SMILES string of the molecule is CC(CC(F)(F)F)NC1(C)CCCCC1. The van der Waals surface area contributed by atoms with Crippen molar-refractivity contribution in [3.8, 4) is 0 Å². The van der Waals surface area contributed by atoms with Crippen LogP contribution < -0.4 is 5.32 Å². The number of rotatable bonds is 3. The van der Waals surface area contributed by atoms with Gasteiger partial charge in [0.15, 0.2) is 0 Å². The van der Waals surface area contributed by atoms with Gasteiger partial charge in [0.25, 0.3) is 0 Å². The lowest BCUT2D eigenvalue weighted by atomic mass is 9.82. The summed E-state index contributed by atoms with van der Waals surface area (Å²) in [4.78, 5) is 0. The number of halogens is 3. The molecule has 0 aromatic heterocycles. The first-order valence-electron chi connectivity index (χ1n) is 5.65. The van der Waals surface area contributed by atoms with Crippen LogP contribution in [0.3, 0.4) is 0 Å². The molecule has 90 valence electrons. The first kappa shape index (κ1) is 12.8. The van der Waals surface area contributed by atoms with E-state index in [1.165, 1.54) is 6.42 Å². The van der Waals surface area contributed by atoms with Crippen LogP contribution in [0, 0.1) is 0 Å². The lowest BCUT2D eigenvalue weighted by Gasteiger charge is -2.37. The van der Waals surface area contributed by atoms with Crippen LogP contribution in [-0.2, 0) is 0 Å². The molecule has 1 rings (SSSR count). The van der Waals surface area contributed by atoms with Crippen LogP contribution in [0.25, 0.3) is 0 Å². The minimum absolute atomic E-state index is 0.0804. The fourth-order valence-corrected chi connectivity index (χ4v) is 2.47. The molecule has 0 spiro atoms. The molecule has 0 aromatic rings. The minimum atomic E-state index is -4.06. The lowest BCUT2D eigenvalue weighted by molar-refractivity contribution is -0.140. The molecule has 1 nitrogen and oxygen atoms in total. The summed E-state index contributed by atoms with van der Waals surface area (Å²) in [5.74, 6) is 0. The third-order valence-corrected chi connectivity index (χ3v) is 3.09. The zero-order valence-corrected chi connectivity index (χ0v) is 9.45. The molecule has 0 aliphatic heterocycles. The summed E-state index contributed by atoms with van der Waals surface area (Å²) in [5, 5.41) is 3.13. The van der Waals surface area contributed by atoms with E-state index in [4.69, 9.17) is 0 Å². The summed E-state index contributed by atoms with van der Waals surface area (Å²) < 4.78 is 36.4. The second-order valence-electron chi connectivity index (χ2n) is 4.99. The predicted molar refractivity (Wildman–Crippen MR) is 54.8 cm³/mol. The van der Waals surface area contributed by atoms with E-state index in [0.29, 0.717) is 0 Å². The molecule has 1 N–H and O–H groups in total. The van der Waals surface area contributed by atoms with Crippen molar-refractivity contribution < 1.29 is 13.2 Å². The summed E-state index contributed by atoms with van der Waals surface area (Å²) >= 11 is 0. The first-order valence-corrected chi connectivity index (χ1v) is 5.65. The third kappa shape index (κ3) is 4.87. The van der Waals surface area contributed by atoms with Gasteiger partial charge in [0.1, 0.15) is 0 Å². The topological polar surface area (TPSA) is 12.0 Å². The van der Waals surface area contributed by atoms with E-state index in [0.717, 1.165) is 25.7 Å². The average molecular weight is 223 g/mol. The molecule has 1 fully saturated rings. The molecule has 0 saturated heterocycles. The standard InChI is InChI=1S/C11H20F3N/c1-9(8-11(12,13)14)15-10(2)6-4-3-5-7-10/h9,15H,3-8H2,1-2H3. The number of hydrogen-bond donors (Lipinski definition) is 1. The molecular formula is C11H20F3N.